The van der Waals surface area contributed by atoms with Gasteiger partial charge in [-0.05, 0) is 51.6 Å². The number of nitrogens with zero attached hydrogens (tertiary/aromatic N) is 2. The Morgan fingerprint density at radius 3 is 2.82 bits per heavy atom. The van der Waals surface area contributed by atoms with Crippen LogP contribution in [-0.2, 0) is 0 Å². The van der Waals surface area contributed by atoms with Gasteiger partial charge in [0.15, 0.2) is 0 Å². The van der Waals surface area contributed by atoms with Crippen molar-refractivity contribution in [2.24, 2.45) is 0 Å². The summed E-state index contributed by atoms with van der Waals surface area (Å²) in [5, 5.41) is 0. The first-order valence-corrected chi connectivity index (χ1v) is 6.36. The molecule has 17 heavy (non-hydrogen) atoms. The third-order valence-corrected chi connectivity index (χ3v) is 3.81. The van der Waals surface area contributed by atoms with Gasteiger partial charge in [-0.1, -0.05) is 6.07 Å². The maximum Gasteiger partial charge on any atom is 0.0417 e. The fraction of sp³-hybridized carbons (Fsp3) is 0.571. The number of hydrogen-bond acceptors (Lipinski definition) is 3. The van der Waals surface area contributed by atoms with E-state index in [1.54, 1.807) is 0 Å². The number of benzene rings is 1. The molecule has 0 amide bonds. The van der Waals surface area contributed by atoms with E-state index in [1.165, 1.54) is 24.1 Å². The number of likely N-dealkylation sites (N-methyl/N-ethyl adjacent to an activating group) is 1. The molecule has 0 radical (unpaired) electrons. The number of rotatable bonds is 2. The lowest BCUT2D eigenvalue weighted by Gasteiger charge is -2.38. The molecule has 1 aliphatic heterocycles. The van der Waals surface area contributed by atoms with Crippen LogP contribution in [0.3, 0.4) is 0 Å². The third kappa shape index (κ3) is 2.55. The average Bonchev–Trinajstić information content (AvgIpc) is 2.33. The molecule has 94 valence electrons. The van der Waals surface area contributed by atoms with Gasteiger partial charge >= 0.3 is 0 Å². The molecule has 0 bridgehead atoms. The highest BCUT2D eigenvalue weighted by molar-refractivity contribution is 5.64. The van der Waals surface area contributed by atoms with Gasteiger partial charge in [-0.2, -0.15) is 0 Å². The van der Waals surface area contributed by atoms with Crippen molar-refractivity contribution in [3.63, 3.8) is 0 Å². The molecule has 1 aliphatic rings. The number of piperidine rings is 1. The van der Waals surface area contributed by atoms with Crippen LogP contribution in [0.15, 0.2) is 18.2 Å². The fourth-order valence-corrected chi connectivity index (χ4v) is 2.58. The zero-order valence-corrected chi connectivity index (χ0v) is 11.1. The predicted molar refractivity (Wildman–Crippen MR) is 74.5 cm³/mol. The van der Waals surface area contributed by atoms with Gasteiger partial charge in [0.1, 0.15) is 0 Å². The van der Waals surface area contributed by atoms with Gasteiger partial charge in [0.2, 0.25) is 0 Å². The van der Waals surface area contributed by atoms with Crippen LogP contribution in [0.5, 0.6) is 0 Å². The van der Waals surface area contributed by atoms with Crippen molar-refractivity contribution < 1.29 is 0 Å². The lowest BCUT2D eigenvalue weighted by Crippen LogP contribution is -2.45. The Morgan fingerprint density at radius 1 is 1.35 bits per heavy atom. The van der Waals surface area contributed by atoms with E-state index in [0.29, 0.717) is 6.04 Å². The standard InChI is InChI=1S/C14H23N3/c1-11-13(15)7-4-8-14(11)17-9-5-6-12(10-17)16(2)3/h4,7-8,12H,5-6,9-10,15H2,1-3H3. The summed E-state index contributed by atoms with van der Waals surface area (Å²) >= 11 is 0. The molecular weight excluding hydrogens is 210 g/mol. The number of nitrogen functional groups attached to an aromatic ring is 1. The molecule has 0 saturated carbocycles. The van der Waals surface area contributed by atoms with Crippen LogP contribution in [-0.4, -0.2) is 38.1 Å². The largest absolute Gasteiger partial charge is 0.398 e. The number of anilines is 2. The highest BCUT2D eigenvalue weighted by atomic mass is 15.2. The van der Waals surface area contributed by atoms with E-state index >= 15 is 0 Å². The molecule has 1 unspecified atom stereocenters. The van der Waals surface area contributed by atoms with Crippen LogP contribution < -0.4 is 10.6 Å². The third-order valence-electron chi connectivity index (χ3n) is 3.81. The molecule has 0 aromatic heterocycles. The van der Waals surface area contributed by atoms with Crippen molar-refractivity contribution in [2.75, 3.05) is 37.8 Å². The molecule has 3 heteroatoms. The van der Waals surface area contributed by atoms with Crippen molar-refractivity contribution in [1.29, 1.82) is 0 Å². The molecule has 2 N–H and O–H groups in total. The van der Waals surface area contributed by atoms with E-state index in [2.05, 4.69) is 43.0 Å². The van der Waals surface area contributed by atoms with Crippen molar-refractivity contribution >= 4 is 11.4 Å². The van der Waals surface area contributed by atoms with E-state index in [1.807, 2.05) is 6.07 Å². The SMILES string of the molecule is Cc1c(N)cccc1N1CCCC(N(C)C)C1. The molecule has 1 atom stereocenters. The Balaban J connectivity index is 2.19. The van der Waals surface area contributed by atoms with Crippen LogP contribution in [0.25, 0.3) is 0 Å². The van der Waals surface area contributed by atoms with Gasteiger partial charge in [-0.3, -0.25) is 0 Å². The minimum Gasteiger partial charge on any atom is -0.398 e. The van der Waals surface area contributed by atoms with E-state index in [9.17, 15) is 0 Å². The molecule has 2 rings (SSSR count). The molecular formula is C14H23N3. The fourth-order valence-electron chi connectivity index (χ4n) is 2.58. The van der Waals surface area contributed by atoms with E-state index in [0.717, 1.165) is 18.8 Å². The predicted octanol–water partition coefficient (Wildman–Crippen LogP) is 2.11. The summed E-state index contributed by atoms with van der Waals surface area (Å²) in [5.41, 5.74) is 9.40. The molecule has 0 aliphatic carbocycles. The average molecular weight is 233 g/mol. The van der Waals surface area contributed by atoms with Crippen LogP contribution >= 0.6 is 0 Å². The van der Waals surface area contributed by atoms with Crippen molar-refractivity contribution in [1.82, 2.24) is 4.90 Å². The summed E-state index contributed by atoms with van der Waals surface area (Å²) in [6, 6.07) is 6.87. The van der Waals surface area contributed by atoms with Crippen LogP contribution in [0.2, 0.25) is 0 Å². The Kier molecular flexibility index (Phi) is 3.57. The first-order chi connectivity index (χ1) is 8.09. The van der Waals surface area contributed by atoms with E-state index in [-0.39, 0.29) is 0 Å². The summed E-state index contributed by atoms with van der Waals surface area (Å²) < 4.78 is 0. The number of nitrogens with two attached hydrogens (primary N) is 1. The normalized spacial score (nSPS) is 20.9. The summed E-state index contributed by atoms with van der Waals surface area (Å²) in [4.78, 5) is 4.80. The minimum absolute atomic E-state index is 0.657. The lowest BCUT2D eigenvalue weighted by molar-refractivity contribution is 0.258. The van der Waals surface area contributed by atoms with Gasteiger partial charge < -0.3 is 15.5 Å². The number of hydrogen-bond donors (Lipinski definition) is 1. The van der Waals surface area contributed by atoms with Gasteiger partial charge in [0, 0.05) is 30.5 Å². The zero-order valence-electron chi connectivity index (χ0n) is 11.1. The second-order valence-electron chi connectivity index (χ2n) is 5.20. The molecule has 3 nitrogen and oxygen atoms in total. The van der Waals surface area contributed by atoms with Crippen molar-refractivity contribution in [3.8, 4) is 0 Å². The maximum atomic E-state index is 5.98. The second-order valence-corrected chi connectivity index (χ2v) is 5.20. The van der Waals surface area contributed by atoms with E-state index in [4.69, 9.17) is 5.73 Å². The Morgan fingerprint density at radius 2 is 2.12 bits per heavy atom. The maximum absolute atomic E-state index is 5.98. The molecule has 1 aromatic carbocycles. The highest BCUT2D eigenvalue weighted by Gasteiger charge is 2.22. The molecule has 1 fully saturated rings. The van der Waals surface area contributed by atoms with Crippen LogP contribution in [0, 0.1) is 6.92 Å². The topological polar surface area (TPSA) is 32.5 Å². The quantitative estimate of drug-likeness (QED) is 0.794. The summed E-state index contributed by atoms with van der Waals surface area (Å²) in [7, 11) is 4.33. The smallest absolute Gasteiger partial charge is 0.0417 e. The van der Waals surface area contributed by atoms with Gasteiger partial charge in [-0.25, -0.2) is 0 Å². The Labute approximate surface area is 104 Å². The van der Waals surface area contributed by atoms with Gasteiger partial charge in [0.05, 0.1) is 0 Å². The minimum atomic E-state index is 0.657. The first kappa shape index (κ1) is 12.2. The first-order valence-electron chi connectivity index (χ1n) is 6.36. The Hall–Kier alpha value is -1.22. The summed E-state index contributed by atoms with van der Waals surface area (Å²) in [6.45, 7) is 4.37. The summed E-state index contributed by atoms with van der Waals surface area (Å²) in [5.74, 6) is 0. The van der Waals surface area contributed by atoms with Gasteiger partial charge in [-0.15, -0.1) is 0 Å². The van der Waals surface area contributed by atoms with Crippen molar-refractivity contribution in [3.05, 3.63) is 23.8 Å². The Bertz CT molecular complexity index is 387. The molecule has 1 aromatic rings. The van der Waals surface area contributed by atoms with Crippen LogP contribution in [0.1, 0.15) is 18.4 Å². The van der Waals surface area contributed by atoms with Crippen molar-refractivity contribution in [2.45, 2.75) is 25.8 Å². The van der Waals surface area contributed by atoms with Gasteiger partial charge in [0.25, 0.3) is 0 Å². The van der Waals surface area contributed by atoms with Crippen LogP contribution in [0.4, 0.5) is 11.4 Å². The van der Waals surface area contributed by atoms with E-state index < -0.39 is 0 Å². The molecule has 0 spiro atoms. The molecule has 1 heterocycles. The second kappa shape index (κ2) is 4.96. The monoisotopic (exact) mass is 233 g/mol. The zero-order chi connectivity index (χ0) is 12.4. The molecule has 1 saturated heterocycles. The summed E-state index contributed by atoms with van der Waals surface area (Å²) in [6.07, 6.45) is 2.56. The lowest BCUT2D eigenvalue weighted by atomic mass is 10.0. The highest BCUT2D eigenvalue weighted by Crippen LogP contribution is 2.27.